The number of aromatic nitrogens is 4. The average Bonchev–Trinajstić information content (AvgIpc) is 2.94. The van der Waals surface area contributed by atoms with E-state index < -0.39 is 0 Å². The summed E-state index contributed by atoms with van der Waals surface area (Å²) in [6.45, 7) is 0.401. The van der Waals surface area contributed by atoms with Gasteiger partial charge in [0.25, 0.3) is 6.47 Å². The average molecular weight is 228 g/mol. The van der Waals surface area contributed by atoms with Crippen LogP contribution in [0.3, 0.4) is 0 Å². The zero-order chi connectivity index (χ0) is 11.7. The van der Waals surface area contributed by atoms with Gasteiger partial charge in [-0.2, -0.15) is 5.10 Å². The quantitative estimate of drug-likeness (QED) is 0.685. The minimum atomic E-state index is 0.401. The van der Waals surface area contributed by atoms with Crippen molar-refractivity contribution in [2.24, 2.45) is 0 Å². The van der Waals surface area contributed by atoms with Crippen LogP contribution < -0.4 is 4.74 Å². The van der Waals surface area contributed by atoms with Crippen LogP contribution in [0.2, 0.25) is 0 Å². The molecule has 0 saturated carbocycles. The Morgan fingerprint density at radius 1 is 1.41 bits per heavy atom. The summed E-state index contributed by atoms with van der Waals surface area (Å²) in [5.41, 5.74) is 1.63. The van der Waals surface area contributed by atoms with E-state index in [0.717, 1.165) is 16.6 Å². The van der Waals surface area contributed by atoms with E-state index in [1.54, 1.807) is 35.4 Å². The van der Waals surface area contributed by atoms with Gasteiger partial charge in [0.15, 0.2) is 0 Å². The summed E-state index contributed by atoms with van der Waals surface area (Å²) in [6, 6.07) is 3.63. The second-order valence-electron chi connectivity index (χ2n) is 3.42. The highest BCUT2D eigenvalue weighted by Gasteiger charge is 2.12. The summed E-state index contributed by atoms with van der Waals surface area (Å²) in [5.74, 6) is 0.435. The maximum absolute atomic E-state index is 10.5. The molecule has 1 N–H and O–H groups in total. The van der Waals surface area contributed by atoms with Crippen LogP contribution in [0.1, 0.15) is 0 Å². The fourth-order valence-electron chi connectivity index (χ4n) is 1.79. The third-order valence-corrected chi connectivity index (χ3v) is 2.48. The number of hydrogen-bond acceptors (Lipinski definition) is 4. The van der Waals surface area contributed by atoms with E-state index in [9.17, 15) is 4.79 Å². The molecule has 3 heterocycles. The maximum atomic E-state index is 10.5. The number of nitrogens with zero attached hydrogens (tertiary/aromatic N) is 3. The molecule has 0 radical (unpaired) electrons. The van der Waals surface area contributed by atoms with E-state index in [0.29, 0.717) is 12.4 Å². The third kappa shape index (κ3) is 1.46. The fourth-order valence-corrected chi connectivity index (χ4v) is 1.79. The lowest BCUT2D eigenvalue weighted by Crippen LogP contribution is -1.98. The van der Waals surface area contributed by atoms with E-state index >= 15 is 0 Å². The Bertz CT molecular complexity index is 657. The number of pyridine rings is 1. The highest BCUT2D eigenvalue weighted by molar-refractivity contribution is 5.83. The molecule has 0 atom stereocenters. The molecule has 0 saturated heterocycles. The van der Waals surface area contributed by atoms with Gasteiger partial charge in [-0.3, -0.25) is 19.4 Å². The van der Waals surface area contributed by atoms with E-state index in [4.69, 9.17) is 4.74 Å². The summed E-state index contributed by atoms with van der Waals surface area (Å²) >= 11 is 0. The lowest BCUT2D eigenvalue weighted by Gasteiger charge is -2.04. The Morgan fingerprint density at radius 2 is 2.35 bits per heavy atom. The number of aromatic amines is 1. The van der Waals surface area contributed by atoms with Gasteiger partial charge < -0.3 is 4.74 Å². The van der Waals surface area contributed by atoms with Crippen LogP contribution in [0.4, 0.5) is 0 Å². The molecule has 0 fully saturated rings. The van der Waals surface area contributed by atoms with Crippen molar-refractivity contribution in [1.29, 1.82) is 0 Å². The monoisotopic (exact) mass is 228 g/mol. The molecule has 3 rings (SSSR count). The second kappa shape index (κ2) is 3.75. The van der Waals surface area contributed by atoms with Gasteiger partial charge >= 0.3 is 0 Å². The van der Waals surface area contributed by atoms with Crippen molar-refractivity contribution in [2.45, 2.75) is 0 Å². The molecule has 6 heteroatoms. The number of carbonyl (C=O) groups is 1. The lowest BCUT2D eigenvalue weighted by molar-refractivity contribution is -0.121. The van der Waals surface area contributed by atoms with Gasteiger partial charge in [0.05, 0.1) is 23.6 Å². The molecule has 0 amide bonds. The van der Waals surface area contributed by atoms with Crippen molar-refractivity contribution in [3.8, 4) is 11.6 Å². The largest absolute Gasteiger partial charge is 0.411 e. The Balaban J connectivity index is 2.32. The van der Waals surface area contributed by atoms with E-state index in [2.05, 4.69) is 15.2 Å². The first kappa shape index (κ1) is 9.59. The third-order valence-electron chi connectivity index (χ3n) is 2.48. The van der Waals surface area contributed by atoms with E-state index in [1.165, 1.54) is 0 Å². The van der Waals surface area contributed by atoms with Gasteiger partial charge in [-0.1, -0.05) is 0 Å². The summed E-state index contributed by atoms with van der Waals surface area (Å²) in [6.07, 6.45) is 6.75. The Kier molecular flexibility index (Phi) is 2.11. The number of rotatable bonds is 3. The summed E-state index contributed by atoms with van der Waals surface area (Å²) in [7, 11) is 0. The van der Waals surface area contributed by atoms with E-state index in [-0.39, 0.29) is 0 Å². The van der Waals surface area contributed by atoms with Crippen LogP contribution in [-0.4, -0.2) is 26.2 Å². The van der Waals surface area contributed by atoms with Gasteiger partial charge in [-0.05, 0) is 6.07 Å². The summed E-state index contributed by atoms with van der Waals surface area (Å²) in [5, 5.41) is 7.54. The molecular weight excluding hydrogens is 220 g/mol. The molecule has 0 aliphatic rings. The molecule has 17 heavy (non-hydrogen) atoms. The van der Waals surface area contributed by atoms with Crippen molar-refractivity contribution in [3.05, 3.63) is 36.9 Å². The minimum Gasteiger partial charge on any atom is -0.411 e. The summed E-state index contributed by atoms with van der Waals surface area (Å²) in [4.78, 5) is 14.6. The van der Waals surface area contributed by atoms with Crippen molar-refractivity contribution in [3.63, 3.8) is 0 Å². The first-order valence-electron chi connectivity index (χ1n) is 4.95. The molecule has 0 aliphatic carbocycles. The molecular formula is C11H8N4O2. The van der Waals surface area contributed by atoms with Gasteiger partial charge in [0.2, 0.25) is 5.88 Å². The number of hydrogen-bond donors (Lipinski definition) is 1. The number of carbonyl (C=O) groups excluding carboxylic acids is 1. The van der Waals surface area contributed by atoms with Gasteiger partial charge in [0.1, 0.15) is 0 Å². The van der Waals surface area contributed by atoms with Crippen molar-refractivity contribution in [2.75, 3.05) is 0 Å². The van der Waals surface area contributed by atoms with Crippen LogP contribution in [-0.2, 0) is 4.79 Å². The first-order valence-corrected chi connectivity index (χ1v) is 4.95. The van der Waals surface area contributed by atoms with Crippen LogP contribution in [0.5, 0.6) is 5.88 Å². The van der Waals surface area contributed by atoms with Crippen LogP contribution in [0.25, 0.3) is 16.6 Å². The Morgan fingerprint density at radius 3 is 3.12 bits per heavy atom. The predicted octanol–water partition coefficient (Wildman–Crippen LogP) is 1.28. The molecule has 0 unspecified atom stereocenters. The van der Waals surface area contributed by atoms with Gasteiger partial charge in [0, 0.05) is 23.8 Å². The van der Waals surface area contributed by atoms with Crippen LogP contribution in [0.15, 0.2) is 36.9 Å². The number of fused-ring (bicyclic) bond motifs is 1. The first-order chi connectivity index (χ1) is 8.40. The highest BCUT2D eigenvalue weighted by Crippen LogP contribution is 2.28. The zero-order valence-electron chi connectivity index (χ0n) is 8.70. The van der Waals surface area contributed by atoms with Gasteiger partial charge in [-0.25, -0.2) is 0 Å². The zero-order valence-corrected chi connectivity index (χ0v) is 8.70. The minimum absolute atomic E-state index is 0.401. The normalized spacial score (nSPS) is 10.6. The molecule has 3 aromatic heterocycles. The summed E-state index contributed by atoms with van der Waals surface area (Å²) < 4.78 is 6.72. The molecule has 0 bridgehead atoms. The molecule has 0 aliphatic heterocycles. The Hall–Kier alpha value is -2.63. The number of nitrogens with one attached hydrogen (secondary N) is 1. The van der Waals surface area contributed by atoms with Crippen molar-refractivity contribution >= 4 is 17.4 Å². The van der Waals surface area contributed by atoms with Gasteiger partial charge in [-0.15, -0.1) is 0 Å². The molecule has 0 spiro atoms. The molecule has 84 valence electrons. The molecule has 6 nitrogen and oxygen atoms in total. The van der Waals surface area contributed by atoms with Crippen LogP contribution >= 0.6 is 0 Å². The van der Waals surface area contributed by atoms with Crippen molar-refractivity contribution in [1.82, 2.24) is 19.7 Å². The SMILES string of the molecule is O=COc1cc2ccncc2n1-c1cn[nH]c1. The number of ether oxygens (including phenoxy) is 1. The fraction of sp³-hybridized carbons (Fsp3) is 0. The van der Waals surface area contributed by atoms with Crippen molar-refractivity contribution < 1.29 is 9.53 Å². The lowest BCUT2D eigenvalue weighted by atomic mass is 10.3. The predicted molar refractivity (Wildman–Crippen MR) is 59.9 cm³/mol. The van der Waals surface area contributed by atoms with E-state index in [1.807, 2.05) is 6.07 Å². The second-order valence-corrected chi connectivity index (χ2v) is 3.42. The standard InChI is InChI=1S/C11H8N4O2/c16-7-17-11-3-8-1-2-12-6-10(8)15(11)9-4-13-14-5-9/h1-7H,(H,13,14). The van der Waals surface area contributed by atoms with Crippen LogP contribution in [0, 0.1) is 0 Å². The number of H-pyrrole nitrogens is 1. The Labute approximate surface area is 95.8 Å². The molecule has 3 aromatic rings. The highest BCUT2D eigenvalue weighted by atomic mass is 16.5. The maximum Gasteiger partial charge on any atom is 0.299 e. The molecule has 0 aromatic carbocycles. The smallest absolute Gasteiger partial charge is 0.299 e. The topological polar surface area (TPSA) is 72.8 Å².